The number of benzene rings is 1. The third-order valence-corrected chi connectivity index (χ3v) is 3.93. The van der Waals surface area contributed by atoms with Gasteiger partial charge in [-0.25, -0.2) is 0 Å². The molecule has 0 saturated heterocycles. The fraction of sp³-hybridized carbons (Fsp3) is 0.500. The zero-order chi connectivity index (χ0) is 15.6. The monoisotopic (exact) mass is 301 g/mol. The minimum absolute atomic E-state index is 0.0540. The van der Waals surface area contributed by atoms with Crippen LogP contribution in [0.4, 0.5) is 18.9 Å². The second-order valence-electron chi connectivity index (χ2n) is 5.26. The normalized spacial score (nSPS) is 16.0. The minimum Gasteiger partial charge on any atom is -0.339 e. The fourth-order valence-electron chi connectivity index (χ4n) is 2.67. The number of rotatable bonds is 3. The van der Waals surface area contributed by atoms with E-state index in [9.17, 15) is 18.0 Å². The number of anilines is 1. The van der Waals surface area contributed by atoms with Crippen LogP contribution in [0.2, 0.25) is 0 Å². The SMILES string of the molecule is CN(C(=O)c1cc(C(F)(F)F)ccc1NN)C1CCCC1. The number of nitrogens with two attached hydrogens (primary N) is 1. The number of amides is 1. The van der Waals surface area contributed by atoms with Crippen LogP contribution in [0.3, 0.4) is 0 Å². The first-order chi connectivity index (χ1) is 9.84. The molecule has 116 valence electrons. The Morgan fingerprint density at radius 1 is 1.33 bits per heavy atom. The van der Waals surface area contributed by atoms with Gasteiger partial charge in [-0.15, -0.1) is 0 Å². The highest BCUT2D eigenvalue weighted by atomic mass is 19.4. The predicted molar refractivity (Wildman–Crippen MR) is 73.6 cm³/mol. The van der Waals surface area contributed by atoms with Gasteiger partial charge in [-0.2, -0.15) is 13.2 Å². The molecule has 3 N–H and O–H groups in total. The number of nitrogens with zero attached hydrogens (tertiary/aromatic N) is 1. The van der Waals surface area contributed by atoms with Crippen molar-refractivity contribution in [2.24, 2.45) is 5.84 Å². The molecule has 0 heterocycles. The summed E-state index contributed by atoms with van der Waals surface area (Å²) < 4.78 is 38.4. The molecule has 0 bridgehead atoms. The lowest BCUT2D eigenvalue weighted by molar-refractivity contribution is -0.137. The van der Waals surface area contributed by atoms with E-state index in [2.05, 4.69) is 5.43 Å². The largest absolute Gasteiger partial charge is 0.416 e. The summed E-state index contributed by atoms with van der Waals surface area (Å²) >= 11 is 0. The van der Waals surface area contributed by atoms with Crippen molar-refractivity contribution in [1.29, 1.82) is 0 Å². The Morgan fingerprint density at radius 3 is 2.48 bits per heavy atom. The summed E-state index contributed by atoms with van der Waals surface area (Å²) in [6.45, 7) is 0. The van der Waals surface area contributed by atoms with Crippen LogP contribution in [0.1, 0.15) is 41.6 Å². The maximum atomic E-state index is 12.8. The number of carbonyl (C=O) groups is 1. The van der Waals surface area contributed by atoms with E-state index in [1.165, 1.54) is 11.0 Å². The van der Waals surface area contributed by atoms with E-state index in [1.54, 1.807) is 7.05 Å². The molecule has 1 aromatic rings. The number of hydrogen-bond donors (Lipinski definition) is 2. The lowest BCUT2D eigenvalue weighted by Gasteiger charge is -2.25. The van der Waals surface area contributed by atoms with Crippen molar-refractivity contribution >= 4 is 11.6 Å². The predicted octanol–water partition coefficient (Wildman–Crippen LogP) is 3.01. The van der Waals surface area contributed by atoms with Crippen LogP contribution in [0.15, 0.2) is 18.2 Å². The van der Waals surface area contributed by atoms with Crippen molar-refractivity contribution < 1.29 is 18.0 Å². The Morgan fingerprint density at radius 2 is 1.95 bits per heavy atom. The van der Waals surface area contributed by atoms with E-state index in [0.29, 0.717) is 0 Å². The summed E-state index contributed by atoms with van der Waals surface area (Å²) in [6, 6.07) is 3.01. The molecule has 21 heavy (non-hydrogen) atoms. The van der Waals surface area contributed by atoms with Gasteiger partial charge in [-0.05, 0) is 31.0 Å². The molecular weight excluding hydrogens is 283 g/mol. The van der Waals surface area contributed by atoms with Gasteiger partial charge in [-0.1, -0.05) is 12.8 Å². The summed E-state index contributed by atoms with van der Waals surface area (Å²) in [4.78, 5) is 14.0. The Balaban J connectivity index is 2.33. The molecule has 4 nitrogen and oxygen atoms in total. The van der Waals surface area contributed by atoms with Crippen molar-refractivity contribution in [3.63, 3.8) is 0 Å². The number of nitrogen functional groups attached to an aromatic ring is 1. The maximum absolute atomic E-state index is 12.8. The van der Waals surface area contributed by atoms with Crippen molar-refractivity contribution in [3.05, 3.63) is 29.3 Å². The Kier molecular flexibility index (Phi) is 4.41. The second kappa shape index (κ2) is 5.93. The summed E-state index contributed by atoms with van der Waals surface area (Å²) in [5.74, 6) is 4.86. The number of hydrazine groups is 1. The molecule has 0 aromatic heterocycles. The average Bonchev–Trinajstić information content (AvgIpc) is 2.98. The first kappa shape index (κ1) is 15.6. The van der Waals surface area contributed by atoms with E-state index >= 15 is 0 Å². The zero-order valence-corrected chi connectivity index (χ0v) is 11.7. The first-order valence-electron chi connectivity index (χ1n) is 6.79. The molecule has 0 atom stereocenters. The van der Waals surface area contributed by atoms with Crippen molar-refractivity contribution in [3.8, 4) is 0 Å². The van der Waals surface area contributed by atoms with Gasteiger partial charge in [0.2, 0.25) is 0 Å². The molecule has 1 fully saturated rings. The molecule has 1 saturated carbocycles. The first-order valence-corrected chi connectivity index (χ1v) is 6.79. The van der Waals surface area contributed by atoms with Gasteiger partial charge < -0.3 is 10.3 Å². The van der Waals surface area contributed by atoms with Crippen LogP contribution in [0, 0.1) is 0 Å². The highest BCUT2D eigenvalue weighted by Crippen LogP contribution is 2.33. The van der Waals surface area contributed by atoms with E-state index in [0.717, 1.165) is 37.8 Å². The summed E-state index contributed by atoms with van der Waals surface area (Å²) in [5, 5.41) is 0. The zero-order valence-electron chi connectivity index (χ0n) is 11.7. The molecule has 2 rings (SSSR count). The lowest BCUT2D eigenvalue weighted by Crippen LogP contribution is -2.36. The molecule has 1 aliphatic carbocycles. The van der Waals surface area contributed by atoms with E-state index in [4.69, 9.17) is 5.84 Å². The molecule has 1 aliphatic rings. The van der Waals surface area contributed by atoms with Gasteiger partial charge in [0.1, 0.15) is 0 Å². The number of hydrogen-bond acceptors (Lipinski definition) is 3. The molecule has 1 amide bonds. The van der Waals surface area contributed by atoms with Crippen LogP contribution < -0.4 is 11.3 Å². The van der Waals surface area contributed by atoms with Crippen LogP contribution in [-0.2, 0) is 6.18 Å². The highest BCUT2D eigenvalue weighted by Gasteiger charge is 2.33. The number of halogens is 3. The topological polar surface area (TPSA) is 58.4 Å². The number of carbonyl (C=O) groups excluding carboxylic acids is 1. The second-order valence-corrected chi connectivity index (χ2v) is 5.26. The molecular formula is C14H18F3N3O. The Labute approximate surface area is 121 Å². The van der Waals surface area contributed by atoms with Crippen LogP contribution in [0.25, 0.3) is 0 Å². The van der Waals surface area contributed by atoms with Gasteiger partial charge in [0.15, 0.2) is 0 Å². The third kappa shape index (κ3) is 3.29. The van der Waals surface area contributed by atoms with Crippen molar-refractivity contribution in [1.82, 2.24) is 4.90 Å². The maximum Gasteiger partial charge on any atom is 0.416 e. The highest BCUT2D eigenvalue weighted by molar-refractivity contribution is 5.99. The smallest absolute Gasteiger partial charge is 0.339 e. The quantitative estimate of drug-likeness (QED) is 0.666. The number of nitrogens with one attached hydrogen (secondary N) is 1. The van der Waals surface area contributed by atoms with E-state index in [1.807, 2.05) is 0 Å². The van der Waals surface area contributed by atoms with Crippen LogP contribution >= 0.6 is 0 Å². The molecule has 0 aliphatic heterocycles. The lowest BCUT2D eigenvalue weighted by atomic mass is 10.1. The molecule has 0 unspecified atom stereocenters. The average molecular weight is 301 g/mol. The van der Waals surface area contributed by atoms with Gasteiger partial charge >= 0.3 is 6.18 Å². The fourth-order valence-corrected chi connectivity index (χ4v) is 2.67. The third-order valence-electron chi connectivity index (χ3n) is 3.93. The summed E-state index contributed by atoms with van der Waals surface area (Å²) in [6.07, 6.45) is -0.660. The molecule has 0 spiro atoms. The van der Waals surface area contributed by atoms with Gasteiger partial charge in [0.25, 0.3) is 5.91 Å². The minimum atomic E-state index is -4.49. The molecule has 0 radical (unpaired) electrons. The van der Waals surface area contributed by atoms with Crippen LogP contribution in [-0.4, -0.2) is 23.9 Å². The Bertz CT molecular complexity index is 525. The number of alkyl halides is 3. The summed E-state index contributed by atoms with van der Waals surface area (Å²) in [7, 11) is 1.62. The Hall–Kier alpha value is -1.76. The standard InChI is InChI=1S/C14H18F3N3O/c1-20(10-4-2-3-5-10)13(21)11-8-9(14(15,16)17)6-7-12(11)19-18/h6-8,10,19H,2-5,18H2,1H3. The summed E-state index contributed by atoms with van der Waals surface area (Å²) in [5.41, 5.74) is 1.57. The molecule has 1 aromatic carbocycles. The van der Waals surface area contributed by atoms with Crippen molar-refractivity contribution in [2.75, 3.05) is 12.5 Å². The van der Waals surface area contributed by atoms with E-state index < -0.39 is 17.6 Å². The van der Waals surface area contributed by atoms with E-state index in [-0.39, 0.29) is 17.3 Å². The van der Waals surface area contributed by atoms with Crippen molar-refractivity contribution in [2.45, 2.75) is 37.9 Å². The molecule has 7 heteroatoms. The van der Waals surface area contributed by atoms with Gasteiger partial charge in [-0.3, -0.25) is 10.6 Å². The van der Waals surface area contributed by atoms with Gasteiger partial charge in [0, 0.05) is 13.1 Å². The van der Waals surface area contributed by atoms with Crippen LogP contribution in [0.5, 0.6) is 0 Å². The van der Waals surface area contributed by atoms with Gasteiger partial charge in [0.05, 0.1) is 16.8 Å².